The van der Waals surface area contributed by atoms with Crippen molar-refractivity contribution in [1.82, 2.24) is 9.62 Å². The van der Waals surface area contributed by atoms with Gasteiger partial charge in [0.15, 0.2) is 0 Å². The van der Waals surface area contributed by atoms with Gasteiger partial charge in [-0.25, -0.2) is 12.7 Å². The lowest BCUT2D eigenvalue weighted by Gasteiger charge is -2.31. The Bertz CT molecular complexity index is 1010. The molecule has 0 aromatic heterocycles. The molecule has 1 aliphatic heterocycles. The van der Waals surface area contributed by atoms with E-state index in [1.807, 2.05) is 31.2 Å². The summed E-state index contributed by atoms with van der Waals surface area (Å²) in [5, 5.41) is 3.56. The summed E-state index contributed by atoms with van der Waals surface area (Å²) in [4.78, 5) is 12.8. The number of carbonyl (C=O) groups excluding carboxylic acids is 1. The minimum Gasteiger partial charge on any atom is -0.494 e. The van der Waals surface area contributed by atoms with Crippen LogP contribution < -0.4 is 10.1 Å². The van der Waals surface area contributed by atoms with Gasteiger partial charge in [-0.05, 0) is 38.0 Å². The molecular weight excluding hydrogens is 459 g/mol. The van der Waals surface area contributed by atoms with E-state index in [0.717, 1.165) is 11.3 Å². The lowest BCUT2D eigenvalue weighted by molar-refractivity contribution is -0.126. The van der Waals surface area contributed by atoms with Crippen molar-refractivity contribution in [1.29, 1.82) is 0 Å². The van der Waals surface area contributed by atoms with Crippen LogP contribution in [0.3, 0.4) is 0 Å². The van der Waals surface area contributed by atoms with Crippen molar-refractivity contribution in [2.24, 2.45) is 5.92 Å². The highest BCUT2D eigenvalue weighted by atomic mass is 35.5. The van der Waals surface area contributed by atoms with Crippen LogP contribution in [0.5, 0.6) is 5.75 Å². The normalized spacial score (nSPS) is 17.3. The van der Waals surface area contributed by atoms with Crippen LogP contribution >= 0.6 is 23.2 Å². The fraction of sp³-hybridized carbons (Fsp3) is 0.409. The highest BCUT2D eigenvalue weighted by Gasteiger charge is 2.33. The van der Waals surface area contributed by atoms with Gasteiger partial charge >= 0.3 is 0 Å². The molecule has 9 heteroatoms. The monoisotopic (exact) mass is 484 g/mol. The first-order valence-corrected chi connectivity index (χ1v) is 12.6. The Labute approximate surface area is 193 Å². The fourth-order valence-corrected chi connectivity index (χ4v) is 5.99. The molecule has 1 atom stereocenters. The summed E-state index contributed by atoms with van der Waals surface area (Å²) in [5.74, 6) is -0.136. The number of carbonyl (C=O) groups is 1. The number of piperidine rings is 1. The molecule has 0 radical (unpaired) electrons. The number of amides is 1. The van der Waals surface area contributed by atoms with E-state index < -0.39 is 15.9 Å². The van der Waals surface area contributed by atoms with E-state index in [0.29, 0.717) is 48.1 Å². The van der Waals surface area contributed by atoms with Crippen LogP contribution in [0, 0.1) is 5.92 Å². The predicted octanol–water partition coefficient (Wildman–Crippen LogP) is 4.25. The molecule has 1 aliphatic rings. The van der Waals surface area contributed by atoms with E-state index in [9.17, 15) is 13.2 Å². The van der Waals surface area contributed by atoms with Crippen molar-refractivity contribution in [3.05, 3.63) is 63.6 Å². The largest absolute Gasteiger partial charge is 0.494 e. The zero-order valence-electron chi connectivity index (χ0n) is 17.3. The molecule has 1 N–H and O–H groups in total. The van der Waals surface area contributed by atoms with E-state index in [1.165, 1.54) is 4.31 Å². The fourth-order valence-electron chi connectivity index (χ4n) is 3.63. The molecule has 3 rings (SSSR count). The first-order chi connectivity index (χ1) is 14.8. The van der Waals surface area contributed by atoms with Gasteiger partial charge in [0.25, 0.3) is 0 Å². The summed E-state index contributed by atoms with van der Waals surface area (Å²) in [6.45, 7) is 3.29. The second-order valence-electron chi connectivity index (χ2n) is 7.41. The maximum Gasteiger partial charge on any atom is 0.224 e. The molecule has 1 unspecified atom stereocenters. The molecule has 0 aliphatic carbocycles. The van der Waals surface area contributed by atoms with Crippen LogP contribution in [0.2, 0.25) is 10.0 Å². The van der Waals surface area contributed by atoms with Crippen molar-refractivity contribution in [3.8, 4) is 5.75 Å². The maximum atomic E-state index is 13.0. The number of hydrogen-bond acceptors (Lipinski definition) is 4. The van der Waals surface area contributed by atoms with Gasteiger partial charge < -0.3 is 10.1 Å². The molecule has 31 heavy (non-hydrogen) atoms. The van der Waals surface area contributed by atoms with Crippen LogP contribution in [0.1, 0.15) is 30.9 Å². The highest BCUT2D eigenvalue weighted by Crippen LogP contribution is 2.29. The smallest absolute Gasteiger partial charge is 0.224 e. The number of nitrogens with zero attached hydrogens (tertiary/aromatic N) is 1. The second kappa shape index (κ2) is 10.7. The van der Waals surface area contributed by atoms with E-state index in [1.54, 1.807) is 18.2 Å². The molecule has 1 saturated heterocycles. The third-order valence-corrected chi connectivity index (χ3v) is 7.74. The van der Waals surface area contributed by atoms with Crippen molar-refractivity contribution in [2.75, 3.05) is 19.7 Å². The van der Waals surface area contributed by atoms with E-state index in [4.69, 9.17) is 27.9 Å². The third-order valence-electron chi connectivity index (χ3n) is 5.26. The third kappa shape index (κ3) is 6.13. The number of rotatable bonds is 8. The Hall–Kier alpha value is -1.80. The summed E-state index contributed by atoms with van der Waals surface area (Å²) < 4.78 is 32.9. The minimum absolute atomic E-state index is 0.142. The van der Waals surface area contributed by atoms with E-state index in [-0.39, 0.29) is 18.2 Å². The van der Waals surface area contributed by atoms with E-state index >= 15 is 0 Å². The van der Waals surface area contributed by atoms with Gasteiger partial charge in [0.1, 0.15) is 5.75 Å². The van der Waals surface area contributed by atoms with Gasteiger partial charge in [0.05, 0.1) is 18.3 Å². The minimum atomic E-state index is -3.66. The van der Waals surface area contributed by atoms with Crippen molar-refractivity contribution >= 4 is 39.1 Å². The predicted molar refractivity (Wildman–Crippen MR) is 123 cm³/mol. The number of para-hydroxylation sites is 1. The molecule has 0 spiro atoms. The first-order valence-electron chi connectivity index (χ1n) is 10.2. The van der Waals surface area contributed by atoms with Crippen LogP contribution in [-0.2, 0) is 27.1 Å². The van der Waals surface area contributed by atoms with Gasteiger partial charge in [-0.15, -0.1) is 0 Å². The van der Waals surface area contributed by atoms with Crippen LogP contribution in [0.4, 0.5) is 0 Å². The van der Waals surface area contributed by atoms with Gasteiger partial charge in [-0.1, -0.05) is 47.5 Å². The molecule has 0 bridgehead atoms. The molecule has 0 saturated carbocycles. The van der Waals surface area contributed by atoms with Crippen molar-refractivity contribution in [2.45, 2.75) is 32.1 Å². The number of ether oxygens (including phenoxy) is 1. The summed E-state index contributed by atoms with van der Waals surface area (Å²) in [6, 6.07) is 12.4. The molecule has 1 fully saturated rings. The molecule has 168 valence electrons. The van der Waals surface area contributed by atoms with Gasteiger partial charge in [0.2, 0.25) is 15.9 Å². The number of benzene rings is 2. The number of halogens is 2. The second-order valence-corrected chi connectivity index (χ2v) is 10.2. The quantitative estimate of drug-likeness (QED) is 0.607. The molecule has 1 amide bonds. The van der Waals surface area contributed by atoms with Gasteiger partial charge in [0, 0.05) is 40.8 Å². The number of sulfonamides is 1. The van der Waals surface area contributed by atoms with E-state index in [2.05, 4.69) is 5.32 Å². The highest BCUT2D eigenvalue weighted by molar-refractivity contribution is 7.88. The first kappa shape index (κ1) is 23.9. The number of hydrogen-bond donors (Lipinski definition) is 1. The summed E-state index contributed by atoms with van der Waals surface area (Å²) >= 11 is 12.3. The number of nitrogens with one attached hydrogen (secondary N) is 1. The molecule has 2 aromatic carbocycles. The molecular formula is C22H26Cl2N2O4S. The Morgan fingerprint density at radius 3 is 2.58 bits per heavy atom. The van der Waals surface area contributed by atoms with Crippen LogP contribution in [0.15, 0.2) is 42.5 Å². The lowest BCUT2D eigenvalue weighted by Crippen LogP contribution is -2.45. The zero-order valence-corrected chi connectivity index (χ0v) is 19.6. The Balaban J connectivity index is 1.64. The summed E-state index contributed by atoms with van der Waals surface area (Å²) in [5.41, 5.74) is 1.26. The Morgan fingerprint density at radius 2 is 1.87 bits per heavy atom. The molecule has 6 nitrogen and oxygen atoms in total. The summed E-state index contributed by atoms with van der Waals surface area (Å²) in [6.07, 6.45) is 1.25. The molecule has 2 aromatic rings. The van der Waals surface area contributed by atoms with Gasteiger partial charge in [-0.3, -0.25) is 4.79 Å². The zero-order chi connectivity index (χ0) is 22.4. The molecule has 1 heterocycles. The average Bonchev–Trinajstić information content (AvgIpc) is 2.76. The summed E-state index contributed by atoms with van der Waals surface area (Å²) in [7, 11) is -3.66. The van der Waals surface area contributed by atoms with Gasteiger partial charge in [-0.2, -0.15) is 0 Å². The Kier molecular flexibility index (Phi) is 8.22. The maximum absolute atomic E-state index is 13.0. The lowest BCUT2D eigenvalue weighted by atomic mass is 9.98. The Morgan fingerprint density at radius 1 is 1.16 bits per heavy atom. The van der Waals surface area contributed by atoms with Crippen LogP contribution in [-0.4, -0.2) is 38.3 Å². The van der Waals surface area contributed by atoms with Crippen LogP contribution in [0.25, 0.3) is 0 Å². The average molecular weight is 485 g/mol. The SMILES string of the molecule is CCOc1ccccc1CNC(=O)C1CCCN(S(=O)(=O)Cc2c(Cl)cccc2Cl)C1. The van der Waals surface area contributed by atoms with Crippen molar-refractivity contribution in [3.63, 3.8) is 0 Å². The van der Waals surface area contributed by atoms with Crippen molar-refractivity contribution < 1.29 is 17.9 Å². The standard InChI is InChI=1S/C22H26Cl2N2O4S/c1-2-30-21-11-4-3-7-16(21)13-25-22(27)17-8-6-12-26(14-17)31(28,29)15-18-19(23)9-5-10-20(18)24/h3-5,7,9-11,17H,2,6,8,12-15H2,1H3,(H,25,27). The topological polar surface area (TPSA) is 75.7 Å².